The highest BCUT2D eigenvalue weighted by Crippen LogP contribution is 2.31. The van der Waals surface area contributed by atoms with Crippen molar-refractivity contribution in [1.82, 2.24) is 0 Å². The summed E-state index contributed by atoms with van der Waals surface area (Å²) in [5.41, 5.74) is 6.16. The molecular formula is C14H18BrNO3. The minimum absolute atomic E-state index is 0.210. The first kappa shape index (κ1) is 14.5. The van der Waals surface area contributed by atoms with Gasteiger partial charge in [-0.25, -0.2) is 0 Å². The van der Waals surface area contributed by atoms with E-state index in [0.717, 1.165) is 10.0 Å². The first-order chi connectivity index (χ1) is 9.16. The van der Waals surface area contributed by atoms with Gasteiger partial charge in [-0.2, -0.15) is 0 Å². The molecule has 0 aliphatic carbocycles. The van der Waals surface area contributed by atoms with E-state index in [1.807, 2.05) is 24.3 Å². The summed E-state index contributed by atoms with van der Waals surface area (Å²) in [5, 5.41) is 0. The molecular weight excluding hydrogens is 310 g/mol. The summed E-state index contributed by atoms with van der Waals surface area (Å²) in [6.07, 6.45) is 1.28. The zero-order valence-corrected chi connectivity index (χ0v) is 12.3. The summed E-state index contributed by atoms with van der Waals surface area (Å²) in [7, 11) is 0. The number of carbonyl (C=O) groups is 1. The van der Waals surface area contributed by atoms with Gasteiger partial charge in [0.2, 0.25) is 0 Å². The van der Waals surface area contributed by atoms with Crippen molar-refractivity contribution in [2.45, 2.75) is 19.4 Å². The molecule has 1 aromatic carbocycles. The SMILES string of the molecule is NCC1(C(=O)OCc2cccc(Br)c2)CCOCC1. The van der Waals surface area contributed by atoms with E-state index < -0.39 is 5.41 Å². The van der Waals surface area contributed by atoms with Gasteiger partial charge < -0.3 is 15.2 Å². The van der Waals surface area contributed by atoms with Crippen LogP contribution in [-0.4, -0.2) is 25.7 Å². The van der Waals surface area contributed by atoms with Gasteiger partial charge in [-0.15, -0.1) is 0 Å². The van der Waals surface area contributed by atoms with E-state index in [9.17, 15) is 4.79 Å². The number of benzene rings is 1. The quantitative estimate of drug-likeness (QED) is 0.861. The van der Waals surface area contributed by atoms with Crippen LogP contribution in [0.25, 0.3) is 0 Å². The monoisotopic (exact) mass is 327 g/mol. The fourth-order valence-corrected chi connectivity index (χ4v) is 2.63. The lowest BCUT2D eigenvalue weighted by Gasteiger charge is -2.33. The molecule has 4 nitrogen and oxygen atoms in total. The van der Waals surface area contributed by atoms with Crippen LogP contribution >= 0.6 is 15.9 Å². The maximum Gasteiger partial charge on any atom is 0.313 e. The van der Waals surface area contributed by atoms with Gasteiger partial charge >= 0.3 is 5.97 Å². The molecule has 0 unspecified atom stereocenters. The van der Waals surface area contributed by atoms with E-state index in [2.05, 4.69) is 15.9 Å². The van der Waals surface area contributed by atoms with Gasteiger partial charge in [-0.3, -0.25) is 4.79 Å². The highest BCUT2D eigenvalue weighted by Gasteiger charge is 2.40. The molecule has 1 aliphatic heterocycles. The number of carbonyl (C=O) groups excluding carboxylic acids is 1. The maximum atomic E-state index is 12.2. The molecule has 2 rings (SSSR count). The van der Waals surface area contributed by atoms with Crippen molar-refractivity contribution in [3.63, 3.8) is 0 Å². The van der Waals surface area contributed by atoms with Crippen molar-refractivity contribution < 1.29 is 14.3 Å². The maximum absolute atomic E-state index is 12.2. The van der Waals surface area contributed by atoms with Gasteiger partial charge in [0.05, 0.1) is 5.41 Å². The largest absolute Gasteiger partial charge is 0.460 e. The predicted molar refractivity (Wildman–Crippen MR) is 75.5 cm³/mol. The van der Waals surface area contributed by atoms with E-state index in [-0.39, 0.29) is 12.6 Å². The second-order valence-electron chi connectivity index (χ2n) is 4.80. The molecule has 1 saturated heterocycles. The third kappa shape index (κ3) is 3.55. The van der Waals surface area contributed by atoms with Gasteiger partial charge in [0, 0.05) is 24.2 Å². The summed E-state index contributed by atoms with van der Waals surface area (Å²) in [6, 6.07) is 7.72. The van der Waals surface area contributed by atoms with Crippen molar-refractivity contribution in [3.05, 3.63) is 34.3 Å². The third-order valence-electron chi connectivity index (χ3n) is 3.53. The highest BCUT2D eigenvalue weighted by molar-refractivity contribution is 9.10. The molecule has 0 aromatic heterocycles. The second-order valence-corrected chi connectivity index (χ2v) is 5.72. The zero-order valence-electron chi connectivity index (χ0n) is 10.7. The average molecular weight is 328 g/mol. The van der Waals surface area contributed by atoms with Gasteiger partial charge in [-0.1, -0.05) is 28.1 Å². The summed E-state index contributed by atoms with van der Waals surface area (Å²) in [5.74, 6) is -0.210. The van der Waals surface area contributed by atoms with Crippen LogP contribution in [0.2, 0.25) is 0 Å². The molecule has 0 saturated carbocycles. The van der Waals surface area contributed by atoms with Crippen LogP contribution in [0.4, 0.5) is 0 Å². The van der Waals surface area contributed by atoms with Crippen LogP contribution in [0.5, 0.6) is 0 Å². The number of hydrogen-bond donors (Lipinski definition) is 1. The molecule has 0 bridgehead atoms. The van der Waals surface area contributed by atoms with E-state index >= 15 is 0 Å². The molecule has 1 aliphatic rings. The Labute approximate surface area is 121 Å². The lowest BCUT2D eigenvalue weighted by atomic mass is 9.80. The predicted octanol–water partition coefficient (Wildman–Crippen LogP) is 2.25. The van der Waals surface area contributed by atoms with Crippen LogP contribution in [0.3, 0.4) is 0 Å². The van der Waals surface area contributed by atoms with Gasteiger partial charge in [0.25, 0.3) is 0 Å². The van der Waals surface area contributed by atoms with E-state index in [4.69, 9.17) is 15.2 Å². The minimum Gasteiger partial charge on any atom is -0.460 e. The Bertz CT molecular complexity index is 444. The molecule has 1 fully saturated rings. The van der Waals surface area contributed by atoms with E-state index in [0.29, 0.717) is 32.6 Å². The Morgan fingerprint density at radius 2 is 2.16 bits per heavy atom. The molecule has 1 aromatic rings. The van der Waals surface area contributed by atoms with Crippen LogP contribution in [0, 0.1) is 5.41 Å². The standard InChI is InChI=1S/C14H18BrNO3/c15-12-3-1-2-11(8-12)9-19-13(17)14(10-16)4-6-18-7-5-14/h1-3,8H,4-7,9-10,16H2. The number of hydrogen-bond acceptors (Lipinski definition) is 4. The number of halogens is 1. The van der Waals surface area contributed by atoms with Gasteiger partial charge in [0.1, 0.15) is 6.61 Å². The number of ether oxygens (including phenoxy) is 2. The summed E-state index contributed by atoms with van der Waals surface area (Å²) < 4.78 is 11.7. The summed E-state index contributed by atoms with van der Waals surface area (Å²) in [4.78, 5) is 12.2. The average Bonchev–Trinajstić information content (AvgIpc) is 2.45. The van der Waals surface area contributed by atoms with Crippen molar-refractivity contribution in [1.29, 1.82) is 0 Å². The Morgan fingerprint density at radius 3 is 2.79 bits per heavy atom. The molecule has 0 atom stereocenters. The lowest BCUT2D eigenvalue weighted by molar-refractivity contribution is -0.162. The fraction of sp³-hybridized carbons (Fsp3) is 0.500. The highest BCUT2D eigenvalue weighted by atomic mass is 79.9. The van der Waals surface area contributed by atoms with E-state index in [1.165, 1.54) is 0 Å². The fourth-order valence-electron chi connectivity index (χ4n) is 2.18. The molecule has 5 heteroatoms. The number of esters is 1. The summed E-state index contributed by atoms with van der Waals surface area (Å²) >= 11 is 3.39. The van der Waals surface area contributed by atoms with E-state index in [1.54, 1.807) is 0 Å². The third-order valence-corrected chi connectivity index (χ3v) is 4.03. The first-order valence-electron chi connectivity index (χ1n) is 6.36. The minimum atomic E-state index is -0.565. The molecule has 0 spiro atoms. The van der Waals surface area contributed by atoms with Crippen LogP contribution in [-0.2, 0) is 20.9 Å². The topological polar surface area (TPSA) is 61.6 Å². The van der Waals surface area contributed by atoms with Crippen molar-refractivity contribution in [3.8, 4) is 0 Å². The molecule has 0 amide bonds. The molecule has 19 heavy (non-hydrogen) atoms. The zero-order chi connectivity index (χ0) is 13.7. The number of nitrogens with two attached hydrogens (primary N) is 1. The van der Waals surface area contributed by atoms with Crippen LogP contribution in [0.15, 0.2) is 28.7 Å². The molecule has 0 radical (unpaired) electrons. The Hall–Kier alpha value is -0.910. The first-order valence-corrected chi connectivity index (χ1v) is 7.15. The lowest BCUT2D eigenvalue weighted by Crippen LogP contribution is -2.44. The Morgan fingerprint density at radius 1 is 1.42 bits per heavy atom. The van der Waals surface area contributed by atoms with Gasteiger partial charge in [0.15, 0.2) is 0 Å². The molecule has 104 valence electrons. The molecule has 2 N–H and O–H groups in total. The van der Waals surface area contributed by atoms with Crippen molar-refractivity contribution in [2.75, 3.05) is 19.8 Å². The van der Waals surface area contributed by atoms with Crippen molar-refractivity contribution >= 4 is 21.9 Å². The van der Waals surface area contributed by atoms with Crippen LogP contribution < -0.4 is 5.73 Å². The van der Waals surface area contributed by atoms with Gasteiger partial charge in [-0.05, 0) is 30.5 Å². The normalized spacial score (nSPS) is 18.0. The van der Waals surface area contributed by atoms with Crippen molar-refractivity contribution in [2.24, 2.45) is 11.1 Å². The van der Waals surface area contributed by atoms with Crippen LogP contribution in [0.1, 0.15) is 18.4 Å². The summed E-state index contributed by atoms with van der Waals surface area (Å²) in [6.45, 7) is 1.74. The number of rotatable bonds is 4. The Kier molecular flexibility index (Phi) is 4.96. The smallest absolute Gasteiger partial charge is 0.313 e. The Balaban J connectivity index is 1.96. The molecule has 1 heterocycles. The second kappa shape index (κ2) is 6.50.